The second-order valence-electron chi connectivity index (χ2n) is 7.82. The summed E-state index contributed by atoms with van der Waals surface area (Å²) in [5.41, 5.74) is 6.78. The summed E-state index contributed by atoms with van der Waals surface area (Å²) in [6.07, 6.45) is 3.66. The molecule has 5 nitrogen and oxygen atoms in total. The van der Waals surface area contributed by atoms with Crippen LogP contribution >= 0.6 is 0 Å². The van der Waals surface area contributed by atoms with Gasteiger partial charge in [0, 0.05) is 30.0 Å². The number of hydrazone groups is 1. The number of benzene rings is 2. The maximum Gasteiger partial charge on any atom is 0.139 e. The van der Waals surface area contributed by atoms with E-state index in [1.54, 1.807) is 0 Å². The first-order valence-electron chi connectivity index (χ1n) is 10.1. The Kier molecular flexibility index (Phi) is 4.45. The summed E-state index contributed by atoms with van der Waals surface area (Å²) >= 11 is 0. The lowest BCUT2D eigenvalue weighted by atomic mass is 9.96. The van der Waals surface area contributed by atoms with Gasteiger partial charge in [-0.15, -0.1) is 0 Å². The van der Waals surface area contributed by atoms with Gasteiger partial charge in [0.1, 0.15) is 23.5 Å². The third-order valence-electron chi connectivity index (χ3n) is 5.94. The first kappa shape index (κ1) is 18.1. The number of aliphatic imine (C=N–C) groups is 1. The zero-order chi connectivity index (χ0) is 20.0. The number of hydrogen-bond donors (Lipinski definition) is 2. The number of nitrogens with one attached hydrogen (secondary N) is 2. The van der Waals surface area contributed by atoms with E-state index in [9.17, 15) is 8.78 Å². The highest BCUT2D eigenvalue weighted by atomic mass is 19.1. The number of nitrogens with zero attached hydrogens (tertiary/aromatic N) is 3. The Labute approximate surface area is 168 Å². The van der Waals surface area contributed by atoms with Gasteiger partial charge in [0.05, 0.1) is 17.3 Å². The molecule has 0 saturated carbocycles. The Morgan fingerprint density at radius 3 is 2.55 bits per heavy atom. The van der Waals surface area contributed by atoms with Crippen molar-refractivity contribution in [2.45, 2.75) is 38.3 Å². The van der Waals surface area contributed by atoms with E-state index in [-0.39, 0.29) is 23.5 Å². The molecule has 3 aliphatic rings. The normalized spacial score (nSPS) is 23.2. The molecule has 1 saturated heterocycles. The fraction of sp³-hybridized carbons (Fsp3) is 0.364. The number of anilines is 2. The second kappa shape index (κ2) is 7.13. The van der Waals surface area contributed by atoms with Crippen molar-refractivity contribution in [2.24, 2.45) is 10.1 Å². The van der Waals surface area contributed by atoms with Gasteiger partial charge in [-0.05, 0) is 56.5 Å². The van der Waals surface area contributed by atoms with Crippen molar-refractivity contribution in [1.29, 1.82) is 0 Å². The van der Waals surface area contributed by atoms with Crippen LogP contribution in [0.1, 0.15) is 43.4 Å². The molecule has 2 aromatic carbocycles. The molecule has 0 spiro atoms. The van der Waals surface area contributed by atoms with Crippen molar-refractivity contribution >= 4 is 22.9 Å². The molecular weight excluding hydrogens is 372 g/mol. The van der Waals surface area contributed by atoms with Crippen LogP contribution in [0.3, 0.4) is 0 Å². The van der Waals surface area contributed by atoms with Crippen molar-refractivity contribution in [2.75, 3.05) is 23.3 Å². The maximum atomic E-state index is 14.5. The smallest absolute Gasteiger partial charge is 0.139 e. The Morgan fingerprint density at radius 2 is 1.79 bits per heavy atom. The van der Waals surface area contributed by atoms with E-state index in [0.717, 1.165) is 35.7 Å². The molecule has 2 unspecified atom stereocenters. The minimum atomic E-state index is -0.637. The van der Waals surface area contributed by atoms with Crippen molar-refractivity contribution < 1.29 is 8.78 Å². The summed E-state index contributed by atoms with van der Waals surface area (Å²) in [6.45, 7) is 3.98. The van der Waals surface area contributed by atoms with Crippen molar-refractivity contribution in [3.63, 3.8) is 0 Å². The van der Waals surface area contributed by atoms with Crippen LogP contribution in [0.25, 0.3) is 0 Å². The molecule has 5 rings (SSSR count). The minimum absolute atomic E-state index is 0.140. The van der Waals surface area contributed by atoms with Gasteiger partial charge in [0.2, 0.25) is 0 Å². The number of fused-ring (bicyclic) bond motifs is 3. The summed E-state index contributed by atoms with van der Waals surface area (Å²) in [4.78, 5) is 7.08. The zero-order valence-corrected chi connectivity index (χ0v) is 16.3. The maximum absolute atomic E-state index is 14.5. The van der Waals surface area contributed by atoms with Crippen molar-refractivity contribution in [1.82, 2.24) is 5.43 Å². The predicted molar refractivity (Wildman–Crippen MR) is 112 cm³/mol. The highest BCUT2D eigenvalue weighted by Crippen LogP contribution is 2.37. The largest absolute Gasteiger partial charge is 0.372 e. The number of rotatable bonds is 2. The summed E-state index contributed by atoms with van der Waals surface area (Å²) in [5, 5.41) is 7.56. The zero-order valence-electron chi connectivity index (χ0n) is 16.3. The number of halogens is 2. The Bertz CT molecular complexity index is 990. The lowest BCUT2D eigenvalue weighted by Crippen LogP contribution is -2.30. The van der Waals surface area contributed by atoms with Crippen LogP contribution in [0.5, 0.6) is 0 Å². The number of hydrogen-bond acceptors (Lipinski definition) is 5. The molecule has 150 valence electrons. The molecule has 0 radical (unpaired) electrons. The first-order chi connectivity index (χ1) is 14.1. The van der Waals surface area contributed by atoms with Crippen molar-refractivity contribution in [3.8, 4) is 0 Å². The predicted octanol–water partition coefficient (Wildman–Crippen LogP) is 4.22. The lowest BCUT2D eigenvalue weighted by Gasteiger charge is -2.30. The van der Waals surface area contributed by atoms with E-state index in [4.69, 9.17) is 0 Å². The summed E-state index contributed by atoms with van der Waals surface area (Å²) in [5.74, 6) is -1.08. The van der Waals surface area contributed by atoms with E-state index in [2.05, 4.69) is 37.9 Å². The first-order valence-corrected chi connectivity index (χ1v) is 10.1. The molecule has 3 aliphatic heterocycles. The van der Waals surface area contributed by atoms with Crippen LogP contribution in [-0.2, 0) is 0 Å². The molecule has 7 heteroatoms. The highest BCUT2D eigenvalue weighted by Gasteiger charge is 2.36. The van der Waals surface area contributed by atoms with Gasteiger partial charge in [0.15, 0.2) is 0 Å². The molecule has 0 aromatic heterocycles. The standard InChI is InChI=1S/C22H23F2N5/c1-13-20-21(28-27-13)15-12-14(29-10-3-2-4-11-29)8-9-18(15)25-22(26-20)19-16(23)6-5-7-17(19)24/h5-9,12,20-21,28H,2-4,10-11H2,1H3,(H,25,26). The highest BCUT2D eigenvalue weighted by molar-refractivity contribution is 6.11. The summed E-state index contributed by atoms with van der Waals surface area (Å²) in [6, 6.07) is 9.56. The Hall–Kier alpha value is -2.96. The van der Waals surface area contributed by atoms with Crippen LogP contribution in [0, 0.1) is 11.6 Å². The van der Waals surface area contributed by atoms with E-state index >= 15 is 0 Å². The quantitative estimate of drug-likeness (QED) is 0.801. The summed E-state index contributed by atoms with van der Waals surface area (Å²) < 4.78 is 29.0. The summed E-state index contributed by atoms with van der Waals surface area (Å²) in [7, 11) is 0. The Balaban J connectivity index is 1.59. The number of piperidine rings is 1. The van der Waals surface area contributed by atoms with Crippen LogP contribution in [0.4, 0.5) is 20.2 Å². The molecule has 3 heterocycles. The molecule has 2 N–H and O–H groups in total. The molecule has 0 aliphatic carbocycles. The van der Waals surface area contributed by atoms with Crippen molar-refractivity contribution in [3.05, 3.63) is 59.2 Å². The molecule has 29 heavy (non-hydrogen) atoms. The fourth-order valence-electron chi connectivity index (χ4n) is 4.38. The van der Waals surface area contributed by atoms with Gasteiger partial charge in [-0.25, -0.2) is 8.78 Å². The van der Waals surface area contributed by atoms with E-state index in [1.807, 2.05) is 13.0 Å². The number of amidine groups is 1. The Morgan fingerprint density at radius 1 is 1.03 bits per heavy atom. The van der Waals surface area contributed by atoms with Gasteiger partial charge < -0.3 is 10.2 Å². The van der Waals surface area contributed by atoms with Gasteiger partial charge in [-0.3, -0.25) is 10.4 Å². The van der Waals surface area contributed by atoms with E-state index < -0.39 is 11.6 Å². The second-order valence-corrected chi connectivity index (χ2v) is 7.82. The van der Waals surface area contributed by atoms with Gasteiger partial charge in [-0.2, -0.15) is 5.10 Å². The van der Waals surface area contributed by atoms with Gasteiger partial charge in [0.25, 0.3) is 0 Å². The van der Waals surface area contributed by atoms with Gasteiger partial charge in [-0.1, -0.05) is 6.07 Å². The fourth-order valence-corrected chi connectivity index (χ4v) is 4.38. The average Bonchev–Trinajstić information content (AvgIpc) is 3.00. The SMILES string of the molecule is CC1=NNC2c3cc(N4CCCCC4)ccc3NC(c3c(F)cccc3F)=NC12. The molecular formula is C22H23F2N5. The molecule has 2 aromatic rings. The van der Waals surface area contributed by atoms with Gasteiger partial charge >= 0.3 is 0 Å². The average molecular weight is 395 g/mol. The van der Waals surface area contributed by atoms with E-state index in [0.29, 0.717) is 0 Å². The molecule has 0 amide bonds. The van der Waals surface area contributed by atoms with Crippen LogP contribution in [0.2, 0.25) is 0 Å². The van der Waals surface area contributed by atoms with Crippen LogP contribution in [0.15, 0.2) is 46.5 Å². The minimum Gasteiger partial charge on any atom is -0.372 e. The lowest BCUT2D eigenvalue weighted by molar-refractivity contribution is 0.566. The monoisotopic (exact) mass is 395 g/mol. The molecule has 2 atom stereocenters. The van der Waals surface area contributed by atoms with Crippen LogP contribution < -0.4 is 15.6 Å². The third kappa shape index (κ3) is 3.14. The topological polar surface area (TPSA) is 52.0 Å². The third-order valence-corrected chi connectivity index (χ3v) is 5.94. The molecule has 0 bridgehead atoms. The van der Waals surface area contributed by atoms with Crippen LogP contribution in [-0.4, -0.2) is 30.7 Å². The van der Waals surface area contributed by atoms with E-state index in [1.165, 1.54) is 37.5 Å². The molecule has 1 fully saturated rings.